The average Bonchev–Trinajstić information content (AvgIpc) is 3.01. The van der Waals surface area contributed by atoms with Crippen molar-refractivity contribution in [3.8, 4) is 11.1 Å². The van der Waals surface area contributed by atoms with Crippen molar-refractivity contribution in [3.63, 3.8) is 0 Å². The Bertz CT molecular complexity index is 838. The molecule has 1 aliphatic rings. The summed E-state index contributed by atoms with van der Waals surface area (Å²) >= 11 is 0. The largest absolute Gasteiger partial charge is 0.293 e. The summed E-state index contributed by atoms with van der Waals surface area (Å²) in [6.45, 7) is 9.09. The molecule has 0 saturated carbocycles. The van der Waals surface area contributed by atoms with Crippen molar-refractivity contribution in [2.75, 3.05) is 0 Å². The highest BCUT2D eigenvalue weighted by Gasteiger charge is 2.44. The molecular formula is C22H20O2. The molecule has 0 aliphatic heterocycles. The smallest absolute Gasteiger partial charge is 0.173 e. The lowest BCUT2D eigenvalue weighted by Crippen LogP contribution is -2.42. The lowest BCUT2D eigenvalue weighted by atomic mass is 9.69. The van der Waals surface area contributed by atoms with E-state index in [1.807, 2.05) is 31.2 Å². The maximum Gasteiger partial charge on any atom is 0.173 e. The second-order valence-electron chi connectivity index (χ2n) is 6.06. The number of allylic oxidation sites excluding steroid dienone is 2. The van der Waals surface area contributed by atoms with Crippen molar-refractivity contribution < 1.29 is 9.59 Å². The molecule has 120 valence electrons. The van der Waals surface area contributed by atoms with Crippen LogP contribution in [0.5, 0.6) is 0 Å². The van der Waals surface area contributed by atoms with Gasteiger partial charge in [-0.25, -0.2) is 0 Å². The SMILES string of the molecule is C=CC(=O)C(CC)(C(=O)C=C)c1cccc2c1Cc1ccccc1-2. The molecule has 2 aromatic rings. The van der Waals surface area contributed by atoms with Gasteiger partial charge in [0.15, 0.2) is 11.6 Å². The number of ketones is 2. The lowest BCUT2D eigenvalue weighted by Gasteiger charge is -2.30. The number of fused-ring (bicyclic) bond motifs is 3. The molecule has 2 heteroatoms. The first kappa shape index (κ1) is 16.1. The Morgan fingerprint density at radius 3 is 2.25 bits per heavy atom. The van der Waals surface area contributed by atoms with Gasteiger partial charge in [0.25, 0.3) is 0 Å². The van der Waals surface area contributed by atoms with Gasteiger partial charge in [-0.1, -0.05) is 62.5 Å². The first-order valence-corrected chi connectivity index (χ1v) is 8.14. The lowest BCUT2D eigenvalue weighted by molar-refractivity contribution is -0.130. The van der Waals surface area contributed by atoms with Crippen molar-refractivity contribution in [3.05, 3.63) is 84.5 Å². The average molecular weight is 316 g/mol. The number of hydrogen-bond acceptors (Lipinski definition) is 2. The van der Waals surface area contributed by atoms with Crippen LogP contribution in [0.1, 0.15) is 30.0 Å². The van der Waals surface area contributed by atoms with Crippen molar-refractivity contribution in [2.45, 2.75) is 25.2 Å². The second kappa shape index (κ2) is 6.04. The van der Waals surface area contributed by atoms with Gasteiger partial charge < -0.3 is 0 Å². The number of benzene rings is 2. The third-order valence-electron chi connectivity index (χ3n) is 5.05. The molecule has 0 heterocycles. The highest BCUT2D eigenvalue weighted by Crippen LogP contribution is 2.43. The van der Waals surface area contributed by atoms with Gasteiger partial charge in [0.2, 0.25) is 0 Å². The Labute approximate surface area is 142 Å². The molecule has 0 aromatic heterocycles. The van der Waals surface area contributed by atoms with Crippen molar-refractivity contribution in [2.24, 2.45) is 0 Å². The molecule has 3 rings (SSSR count). The number of rotatable bonds is 6. The van der Waals surface area contributed by atoms with Gasteiger partial charge >= 0.3 is 0 Å². The fourth-order valence-electron chi connectivity index (χ4n) is 3.83. The standard InChI is InChI=1S/C22H20O2/c1-4-20(23)22(6-3,21(24)5-2)19-13-9-12-17-16-11-8-7-10-15(16)14-18(17)19/h4-5,7-13H,1-2,6,14H2,3H3. The summed E-state index contributed by atoms with van der Waals surface area (Å²) < 4.78 is 0. The van der Waals surface area contributed by atoms with Gasteiger partial charge in [-0.05, 0) is 52.8 Å². The van der Waals surface area contributed by atoms with E-state index in [-0.39, 0.29) is 11.6 Å². The fraction of sp³-hybridized carbons (Fsp3) is 0.182. The summed E-state index contributed by atoms with van der Waals surface area (Å²) in [7, 11) is 0. The first-order valence-electron chi connectivity index (χ1n) is 8.14. The van der Waals surface area contributed by atoms with Crippen LogP contribution in [-0.4, -0.2) is 11.6 Å². The molecule has 1 aliphatic carbocycles. The summed E-state index contributed by atoms with van der Waals surface area (Å²) in [6.07, 6.45) is 3.63. The summed E-state index contributed by atoms with van der Waals surface area (Å²) in [5.41, 5.74) is 4.13. The van der Waals surface area contributed by atoms with Crippen LogP contribution in [0.3, 0.4) is 0 Å². The summed E-state index contributed by atoms with van der Waals surface area (Å²) in [5.74, 6) is -0.529. The number of carbonyl (C=O) groups excluding carboxylic acids is 2. The predicted molar refractivity (Wildman–Crippen MR) is 97.1 cm³/mol. The van der Waals surface area contributed by atoms with Gasteiger partial charge in [0.05, 0.1) is 0 Å². The minimum atomic E-state index is -1.23. The van der Waals surface area contributed by atoms with Gasteiger partial charge in [-0.2, -0.15) is 0 Å². The van der Waals surface area contributed by atoms with E-state index in [0.29, 0.717) is 6.42 Å². The van der Waals surface area contributed by atoms with Gasteiger partial charge in [-0.15, -0.1) is 0 Å². The van der Waals surface area contributed by atoms with E-state index in [1.165, 1.54) is 23.3 Å². The third-order valence-corrected chi connectivity index (χ3v) is 5.05. The zero-order valence-corrected chi connectivity index (χ0v) is 13.8. The Kier molecular flexibility index (Phi) is 4.06. The normalized spacial score (nSPS) is 12.2. The second-order valence-corrected chi connectivity index (χ2v) is 6.06. The van der Waals surface area contributed by atoms with Gasteiger partial charge in [0, 0.05) is 0 Å². The highest BCUT2D eigenvalue weighted by atomic mass is 16.2. The zero-order chi connectivity index (χ0) is 17.3. The summed E-state index contributed by atoms with van der Waals surface area (Å²) in [6, 6.07) is 14.1. The van der Waals surface area contributed by atoms with Crippen LogP contribution in [0.25, 0.3) is 11.1 Å². The molecule has 0 bridgehead atoms. The van der Waals surface area contributed by atoms with Gasteiger partial charge in [0.1, 0.15) is 5.41 Å². The molecule has 0 N–H and O–H groups in total. The molecule has 0 fully saturated rings. The van der Waals surface area contributed by atoms with Gasteiger partial charge in [-0.3, -0.25) is 9.59 Å². The van der Waals surface area contributed by atoms with Crippen LogP contribution in [-0.2, 0) is 21.4 Å². The zero-order valence-electron chi connectivity index (χ0n) is 13.8. The monoisotopic (exact) mass is 316 g/mol. The van der Waals surface area contributed by atoms with Crippen LogP contribution in [0.15, 0.2) is 67.8 Å². The predicted octanol–water partition coefficient (Wildman–Crippen LogP) is 4.42. The molecule has 0 amide bonds. The maximum atomic E-state index is 12.8. The van der Waals surface area contributed by atoms with Crippen molar-refractivity contribution in [1.29, 1.82) is 0 Å². The van der Waals surface area contributed by atoms with Crippen LogP contribution >= 0.6 is 0 Å². The molecule has 2 nitrogen and oxygen atoms in total. The minimum absolute atomic E-state index is 0.265. The first-order chi connectivity index (χ1) is 11.6. The Morgan fingerprint density at radius 2 is 1.62 bits per heavy atom. The van der Waals surface area contributed by atoms with Crippen LogP contribution in [0.2, 0.25) is 0 Å². The van der Waals surface area contributed by atoms with E-state index >= 15 is 0 Å². The summed E-state index contributed by atoms with van der Waals surface area (Å²) in [5, 5.41) is 0. The Balaban J connectivity index is 2.29. The van der Waals surface area contributed by atoms with E-state index in [4.69, 9.17) is 0 Å². The van der Waals surface area contributed by atoms with E-state index in [0.717, 1.165) is 23.1 Å². The van der Waals surface area contributed by atoms with Crippen molar-refractivity contribution in [1.82, 2.24) is 0 Å². The van der Waals surface area contributed by atoms with Crippen LogP contribution in [0.4, 0.5) is 0 Å². The Morgan fingerprint density at radius 1 is 1.00 bits per heavy atom. The molecule has 0 saturated heterocycles. The third kappa shape index (κ3) is 2.10. The molecule has 0 atom stereocenters. The van der Waals surface area contributed by atoms with Crippen molar-refractivity contribution >= 4 is 11.6 Å². The highest BCUT2D eigenvalue weighted by molar-refractivity contribution is 6.20. The molecule has 2 aromatic carbocycles. The number of carbonyl (C=O) groups is 2. The molecule has 0 unspecified atom stereocenters. The van der Waals surface area contributed by atoms with Crippen LogP contribution in [0, 0.1) is 0 Å². The van der Waals surface area contributed by atoms with E-state index in [1.54, 1.807) is 0 Å². The molecular weight excluding hydrogens is 296 g/mol. The minimum Gasteiger partial charge on any atom is -0.293 e. The topological polar surface area (TPSA) is 34.1 Å². The molecule has 24 heavy (non-hydrogen) atoms. The number of hydrogen-bond donors (Lipinski definition) is 0. The maximum absolute atomic E-state index is 12.8. The van der Waals surface area contributed by atoms with Crippen LogP contribution < -0.4 is 0 Å². The van der Waals surface area contributed by atoms with E-state index in [2.05, 4.69) is 31.4 Å². The molecule has 0 spiro atoms. The Hall–Kier alpha value is -2.74. The summed E-state index contributed by atoms with van der Waals surface area (Å²) in [4.78, 5) is 25.5. The quantitative estimate of drug-likeness (QED) is 0.498. The van der Waals surface area contributed by atoms with E-state index in [9.17, 15) is 9.59 Å². The fourth-order valence-corrected chi connectivity index (χ4v) is 3.83. The van der Waals surface area contributed by atoms with E-state index < -0.39 is 5.41 Å². The molecule has 0 radical (unpaired) electrons.